The second-order valence-electron chi connectivity index (χ2n) is 5.19. The van der Waals surface area contributed by atoms with Crippen LogP contribution < -0.4 is 11.1 Å². The molecule has 0 aliphatic carbocycles. The van der Waals surface area contributed by atoms with E-state index in [9.17, 15) is 4.79 Å². The van der Waals surface area contributed by atoms with Gasteiger partial charge in [-0.1, -0.05) is 53.7 Å². The van der Waals surface area contributed by atoms with Crippen molar-refractivity contribution in [3.63, 3.8) is 0 Å². The van der Waals surface area contributed by atoms with Gasteiger partial charge < -0.3 is 15.9 Å². The van der Waals surface area contributed by atoms with E-state index in [4.69, 9.17) is 10.6 Å². The zero-order valence-electron chi connectivity index (χ0n) is 13.6. The fourth-order valence-corrected chi connectivity index (χ4v) is 3.40. The summed E-state index contributed by atoms with van der Waals surface area (Å²) < 4.78 is 0. The summed E-state index contributed by atoms with van der Waals surface area (Å²) in [6.45, 7) is 0. The third kappa shape index (κ3) is 3.70. The van der Waals surface area contributed by atoms with Crippen LogP contribution in [0, 0.1) is 0 Å². The van der Waals surface area contributed by atoms with Gasteiger partial charge >= 0.3 is 0 Å². The van der Waals surface area contributed by atoms with Gasteiger partial charge in [-0.15, -0.1) is 11.3 Å². The standard InChI is InChI=1S/C19H17N3O2S/c1-24-21-12-15-16(20)18(17(23)13-8-4-2-5-9-13)25-19(15)22-14-10-6-3-7-11-14/h2-12,22H,20H2,1H3/b21-12+. The number of nitrogens with one attached hydrogen (secondary N) is 1. The molecule has 0 amide bonds. The molecule has 126 valence electrons. The van der Waals surface area contributed by atoms with E-state index in [1.807, 2.05) is 48.5 Å². The number of nitrogens with two attached hydrogens (primary N) is 1. The van der Waals surface area contributed by atoms with Gasteiger partial charge in [0.15, 0.2) is 0 Å². The molecule has 0 aliphatic rings. The Kier molecular flexibility index (Phi) is 5.11. The Hall–Kier alpha value is -3.12. The van der Waals surface area contributed by atoms with Crippen molar-refractivity contribution in [3.8, 4) is 0 Å². The fraction of sp³-hybridized carbons (Fsp3) is 0.0526. The van der Waals surface area contributed by atoms with E-state index in [2.05, 4.69) is 10.5 Å². The average Bonchev–Trinajstić information content (AvgIpc) is 2.96. The summed E-state index contributed by atoms with van der Waals surface area (Å²) in [4.78, 5) is 18.0. The summed E-state index contributed by atoms with van der Waals surface area (Å²) in [6, 6.07) is 18.7. The largest absolute Gasteiger partial charge is 0.399 e. The molecule has 0 saturated carbocycles. The van der Waals surface area contributed by atoms with Crippen molar-refractivity contribution in [1.82, 2.24) is 0 Å². The van der Waals surface area contributed by atoms with Gasteiger partial charge in [-0.3, -0.25) is 4.79 Å². The normalized spacial score (nSPS) is 10.8. The number of hydrogen-bond donors (Lipinski definition) is 2. The van der Waals surface area contributed by atoms with Crippen LogP contribution >= 0.6 is 11.3 Å². The van der Waals surface area contributed by atoms with E-state index >= 15 is 0 Å². The molecule has 0 saturated heterocycles. The van der Waals surface area contributed by atoms with E-state index in [-0.39, 0.29) is 5.78 Å². The van der Waals surface area contributed by atoms with Crippen LogP contribution in [0.3, 0.4) is 0 Å². The first-order valence-electron chi connectivity index (χ1n) is 7.61. The van der Waals surface area contributed by atoms with Crippen molar-refractivity contribution in [1.29, 1.82) is 0 Å². The number of rotatable bonds is 6. The second kappa shape index (κ2) is 7.63. The number of oxime groups is 1. The molecule has 1 aromatic heterocycles. The molecule has 2 aromatic carbocycles. The maximum absolute atomic E-state index is 12.8. The summed E-state index contributed by atoms with van der Waals surface area (Å²) in [5, 5.41) is 7.83. The molecule has 0 unspecified atom stereocenters. The van der Waals surface area contributed by atoms with Gasteiger partial charge in [-0.25, -0.2) is 0 Å². The Morgan fingerprint density at radius 1 is 1.12 bits per heavy atom. The highest BCUT2D eigenvalue weighted by atomic mass is 32.1. The van der Waals surface area contributed by atoms with Crippen LogP contribution in [0.15, 0.2) is 65.8 Å². The van der Waals surface area contributed by atoms with Crippen molar-refractivity contribution in [3.05, 3.63) is 76.7 Å². The van der Waals surface area contributed by atoms with Crippen LogP contribution in [0.2, 0.25) is 0 Å². The van der Waals surface area contributed by atoms with Gasteiger partial charge in [-0.05, 0) is 12.1 Å². The first-order valence-corrected chi connectivity index (χ1v) is 8.43. The second-order valence-corrected chi connectivity index (χ2v) is 6.21. The molecule has 0 atom stereocenters. The number of anilines is 3. The third-order valence-electron chi connectivity index (χ3n) is 3.54. The fourth-order valence-electron chi connectivity index (χ4n) is 2.32. The van der Waals surface area contributed by atoms with E-state index in [0.29, 0.717) is 21.7 Å². The van der Waals surface area contributed by atoms with Crippen LogP contribution in [0.5, 0.6) is 0 Å². The number of benzene rings is 2. The topological polar surface area (TPSA) is 76.7 Å². The van der Waals surface area contributed by atoms with Gasteiger partial charge in [0.25, 0.3) is 0 Å². The zero-order valence-corrected chi connectivity index (χ0v) is 14.4. The number of thiophene rings is 1. The molecule has 0 radical (unpaired) electrons. The lowest BCUT2D eigenvalue weighted by Crippen LogP contribution is -2.03. The van der Waals surface area contributed by atoms with Crippen molar-refractivity contribution >= 4 is 39.7 Å². The molecule has 25 heavy (non-hydrogen) atoms. The maximum Gasteiger partial charge on any atom is 0.205 e. The Morgan fingerprint density at radius 2 is 1.76 bits per heavy atom. The minimum Gasteiger partial charge on any atom is -0.399 e. The lowest BCUT2D eigenvalue weighted by atomic mass is 10.1. The van der Waals surface area contributed by atoms with Crippen molar-refractivity contribution < 1.29 is 9.63 Å². The third-order valence-corrected chi connectivity index (χ3v) is 4.68. The number of carbonyl (C=O) groups is 1. The van der Waals surface area contributed by atoms with Crippen LogP contribution in [-0.4, -0.2) is 19.1 Å². The number of carbonyl (C=O) groups excluding carboxylic acids is 1. The van der Waals surface area contributed by atoms with Gasteiger partial charge in [0, 0.05) is 11.3 Å². The quantitative estimate of drug-likeness (QED) is 0.395. The lowest BCUT2D eigenvalue weighted by Gasteiger charge is -2.04. The minimum atomic E-state index is -0.115. The first-order chi connectivity index (χ1) is 12.2. The zero-order chi connectivity index (χ0) is 17.6. The summed E-state index contributed by atoms with van der Waals surface area (Å²) in [7, 11) is 1.46. The van der Waals surface area contributed by atoms with Crippen LogP contribution in [-0.2, 0) is 4.84 Å². The number of hydrogen-bond acceptors (Lipinski definition) is 6. The summed E-state index contributed by atoms with van der Waals surface area (Å²) in [6.07, 6.45) is 1.51. The molecule has 1 heterocycles. The van der Waals surface area contributed by atoms with Gasteiger partial charge in [0.2, 0.25) is 5.78 Å². The summed E-state index contributed by atoms with van der Waals surface area (Å²) in [5.74, 6) is -0.115. The molecule has 0 fully saturated rings. The summed E-state index contributed by atoms with van der Waals surface area (Å²) >= 11 is 1.30. The van der Waals surface area contributed by atoms with Crippen LogP contribution in [0.25, 0.3) is 0 Å². The van der Waals surface area contributed by atoms with Crippen molar-refractivity contribution in [2.24, 2.45) is 5.16 Å². The van der Waals surface area contributed by atoms with Gasteiger partial charge in [0.05, 0.1) is 17.5 Å². The maximum atomic E-state index is 12.8. The number of ketones is 1. The molecule has 3 rings (SSSR count). The van der Waals surface area contributed by atoms with E-state index in [1.165, 1.54) is 24.7 Å². The van der Waals surface area contributed by atoms with Gasteiger partial charge in [0.1, 0.15) is 17.0 Å². The first kappa shape index (κ1) is 16.7. The molecule has 0 bridgehead atoms. The Bertz CT molecular complexity index is 890. The number of nitrogen functional groups attached to an aromatic ring is 1. The summed E-state index contributed by atoms with van der Waals surface area (Å²) in [5.41, 5.74) is 8.75. The molecule has 5 nitrogen and oxygen atoms in total. The van der Waals surface area contributed by atoms with Crippen LogP contribution in [0.1, 0.15) is 20.8 Å². The molecule has 6 heteroatoms. The Labute approximate surface area is 149 Å². The number of nitrogens with zero attached hydrogens (tertiary/aromatic N) is 1. The Balaban J connectivity index is 2.02. The smallest absolute Gasteiger partial charge is 0.205 e. The van der Waals surface area contributed by atoms with Gasteiger partial charge in [-0.2, -0.15) is 0 Å². The number of para-hydroxylation sites is 1. The molecular formula is C19H17N3O2S. The molecular weight excluding hydrogens is 334 g/mol. The average molecular weight is 351 g/mol. The molecule has 0 spiro atoms. The Morgan fingerprint density at radius 3 is 2.40 bits per heavy atom. The van der Waals surface area contributed by atoms with Crippen molar-refractivity contribution in [2.45, 2.75) is 0 Å². The highest BCUT2D eigenvalue weighted by molar-refractivity contribution is 7.19. The highest BCUT2D eigenvalue weighted by Crippen LogP contribution is 2.37. The minimum absolute atomic E-state index is 0.115. The van der Waals surface area contributed by atoms with E-state index in [0.717, 1.165) is 10.7 Å². The highest BCUT2D eigenvalue weighted by Gasteiger charge is 2.21. The monoisotopic (exact) mass is 351 g/mol. The molecule has 3 N–H and O–H groups in total. The van der Waals surface area contributed by atoms with E-state index in [1.54, 1.807) is 12.1 Å². The molecule has 3 aromatic rings. The van der Waals surface area contributed by atoms with Crippen LogP contribution in [0.4, 0.5) is 16.4 Å². The SMILES string of the molecule is CO/N=C/c1c(Nc2ccccc2)sc(C(=O)c2ccccc2)c1N. The van der Waals surface area contributed by atoms with Crippen molar-refractivity contribution in [2.75, 3.05) is 18.2 Å². The lowest BCUT2D eigenvalue weighted by molar-refractivity contribution is 0.104. The predicted molar refractivity (Wildman–Crippen MR) is 103 cm³/mol. The predicted octanol–water partition coefficient (Wildman–Crippen LogP) is 4.29. The van der Waals surface area contributed by atoms with E-state index < -0.39 is 0 Å². The molecule has 0 aliphatic heterocycles.